The van der Waals surface area contributed by atoms with Gasteiger partial charge < -0.3 is 0 Å². The second-order valence-electron chi connectivity index (χ2n) is 2.39. The highest BCUT2D eigenvalue weighted by Gasteiger charge is 2.66. The third-order valence-corrected chi connectivity index (χ3v) is 13.0. The van der Waals surface area contributed by atoms with Crippen LogP contribution in [0.25, 0.3) is 0 Å². The van der Waals surface area contributed by atoms with E-state index < -0.39 is 0 Å². The fourth-order valence-corrected chi connectivity index (χ4v) is 23.6. The van der Waals surface area contributed by atoms with Gasteiger partial charge in [0.1, 0.15) is 3.91 Å². The summed E-state index contributed by atoms with van der Waals surface area (Å²) < 4.78 is -0.766. The SMILES string of the molecule is ClC12SC3SC(Cl)(S1)SC(Cl)(S3)S2. The number of rotatable bonds is 0. The molecule has 0 aromatic rings. The summed E-state index contributed by atoms with van der Waals surface area (Å²) >= 11 is 29.2. The molecule has 0 radical (unpaired) electrons. The van der Waals surface area contributed by atoms with Crippen molar-refractivity contribution in [3.8, 4) is 0 Å². The van der Waals surface area contributed by atoms with Gasteiger partial charge in [-0.05, 0) is 0 Å². The largest absolute Gasteiger partial charge is 0.189 e. The number of halogens is 3. The summed E-state index contributed by atoms with van der Waals surface area (Å²) in [6.45, 7) is 0. The van der Waals surface area contributed by atoms with Gasteiger partial charge in [-0.1, -0.05) is 105 Å². The predicted molar refractivity (Wildman–Crippen MR) is 75.1 cm³/mol. The summed E-state index contributed by atoms with van der Waals surface area (Å²) in [4.78, 5) is 0. The van der Waals surface area contributed by atoms with Gasteiger partial charge in [0.2, 0.25) is 0 Å². The molecule has 9 heteroatoms. The minimum atomic E-state index is -0.379. The molecule has 4 heterocycles. The van der Waals surface area contributed by atoms with Crippen molar-refractivity contribution in [2.24, 2.45) is 0 Å². The number of hydrogen-bond donors (Lipinski definition) is 0. The van der Waals surface area contributed by atoms with E-state index in [4.69, 9.17) is 34.8 Å². The highest BCUT2D eigenvalue weighted by molar-refractivity contribution is 8.66. The van der Waals surface area contributed by atoms with E-state index in [1.54, 1.807) is 70.6 Å². The molecule has 0 aliphatic carbocycles. The maximum Gasteiger partial charge on any atom is 0.189 e. The quantitative estimate of drug-likeness (QED) is 0.544. The van der Waals surface area contributed by atoms with Crippen LogP contribution in [0.3, 0.4) is 0 Å². The van der Waals surface area contributed by atoms with Crippen molar-refractivity contribution in [3.05, 3.63) is 0 Å². The molecule has 0 aromatic carbocycles. The van der Waals surface area contributed by atoms with Gasteiger partial charge in [0.25, 0.3) is 0 Å². The molecule has 4 bridgehead atoms. The molecule has 0 unspecified atom stereocenters. The predicted octanol–water partition coefficient (Wildman–Crippen LogP) is 5.26. The van der Waals surface area contributed by atoms with Crippen molar-refractivity contribution in [3.63, 3.8) is 0 Å². The topological polar surface area (TPSA) is 0 Å². The van der Waals surface area contributed by atoms with Gasteiger partial charge in [-0.3, -0.25) is 0 Å². The van der Waals surface area contributed by atoms with Crippen molar-refractivity contribution in [2.45, 2.75) is 12.5 Å². The van der Waals surface area contributed by atoms with Crippen molar-refractivity contribution < 1.29 is 0 Å². The Morgan fingerprint density at radius 1 is 0.692 bits per heavy atom. The Kier molecular flexibility index (Phi) is 2.77. The second kappa shape index (κ2) is 3.25. The second-order valence-corrected chi connectivity index (χ2v) is 17.6. The molecule has 0 nitrogen and oxygen atoms in total. The Morgan fingerprint density at radius 3 is 1.23 bits per heavy atom. The highest BCUT2D eigenvalue weighted by atomic mass is 35.5. The number of thioether (sulfide) groups is 6. The van der Waals surface area contributed by atoms with E-state index in [0.29, 0.717) is 3.91 Å². The summed E-state index contributed by atoms with van der Waals surface area (Å²) in [5.74, 6) is 0. The van der Waals surface area contributed by atoms with Gasteiger partial charge in [-0.25, -0.2) is 0 Å². The molecular formula is C4HCl3S6. The molecule has 74 valence electrons. The summed E-state index contributed by atoms with van der Waals surface area (Å²) in [6.07, 6.45) is 0. The van der Waals surface area contributed by atoms with Crippen LogP contribution in [0.5, 0.6) is 0 Å². The zero-order valence-electron chi connectivity index (χ0n) is 5.66. The molecule has 0 aromatic heterocycles. The minimum Gasteiger partial charge on any atom is -0.0916 e. The van der Waals surface area contributed by atoms with Crippen molar-refractivity contribution >= 4 is 105 Å². The molecule has 4 fully saturated rings. The molecule has 13 heavy (non-hydrogen) atoms. The first-order valence-corrected chi connectivity index (χ1v) is 9.33. The van der Waals surface area contributed by atoms with Crippen LogP contribution in [0.4, 0.5) is 0 Å². The van der Waals surface area contributed by atoms with Crippen LogP contribution in [-0.4, -0.2) is 12.5 Å². The summed E-state index contributed by atoms with van der Waals surface area (Å²) in [6, 6.07) is 0. The first-order valence-electron chi connectivity index (χ1n) is 3.11. The smallest absolute Gasteiger partial charge is 0.0916 e. The Labute approximate surface area is 116 Å². The number of hydrogen-bond acceptors (Lipinski definition) is 6. The third-order valence-electron chi connectivity index (χ3n) is 1.44. The zero-order chi connectivity index (χ0) is 9.32. The Balaban J connectivity index is 2.03. The van der Waals surface area contributed by atoms with Crippen LogP contribution in [0.1, 0.15) is 0 Å². The molecule has 0 saturated carbocycles. The lowest BCUT2D eigenvalue weighted by molar-refractivity contribution is 1.55. The first-order chi connectivity index (χ1) is 5.91. The maximum atomic E-state index is 6.39. The van der Waals surface area contributed by atoms with Gasteiger partial charge in [-0.15, -0.1) is 0 Å². The third kappa shape index (κ3) is 1.95. The van der Waals surface area contributed by atoms with Crippen LogP contribution in [0, 0.1) is 0 Å². The lowest BCUT2D eigenvalue weighted by Gasteiger charge is -2.56. The highest BCUT2D eigenvalue weighted by Crippen LogP contribution is 2.87. The van der Waals surface area contributed by atoms with Gasteiger partial charge in [0.15, 0.2) is 8.61 Å². The van der Waals surface area contributed by atoms with Crippen molar-refractivity contribution in [1.29, 1.82) is 0 Å². The maximum absolute atomic E-state index is 6.39. The first kappa shape index (κ1) is 11.1. The van der Waals surface area contributed by atoms with E-state index in [9.17, 15) is 0 Å². The Morgan fingerprint density at radius 2 is 1.00 bits per heavy atom. The fourth-order valence-electron chi connectivity index (χ4n) is 1.06. The average Bonchev–Trinajstić information content (AvgIpc) is 1.71. The lowest BCUT2D eigenvalue weighted by Crippen LogP contribution is -2.42. The molecular weight excluding hydrogens is 347 g/mol. The van der Waals surface area contributed by atoms with Gasteiger partial charge in [0, 0.05) is 0 Å². The Hall–Kier alpha value is 2.97. The summed E-state index contributed by atoms with van der Waals surface area (Å²) in [7, 11) is 0. The lowest BCUT2D eigenvalue weighted by atomic mass is 11.7. The van der Waals surface area contributed by atoms with E-state index in [2.05, 4.69) is 0 Å². The molecule has 0 atom stereocenters. The van der Waals surface area contributed by atoms with E-state index in [-0.39, 0.29) is 8.61 Å². The van der Waals surface area contributed by atoms with E-state index in [1.165, 1.54) is 0 Å². The molecule has 0 N–H and O–H groups in total. The van der Waals surface area contributed by atoms with Crippen LogP contribution >= 0.6 is 105 Å². The van der Waals surface area contributed by atoms with Crippen LogP contribution in [0.15, 0.2) is 0 Å². The van der Waals surface area contributed by atoms with Crippen LogP contribution in [0.2, 0.25) is 0 Å². The average molecular weight is 348 g/mol. The van der Waals surface area contributed by atoms with Crippen LogP contribution < -0.4 is 0 Å². The standard InChI is InChI=1S/C4HCl3S6/c5-2-8-1-9-3(6,11-2)13-4(7,10-1)12-2/h1H. The van der Waals surface area contributed by atoms with E-state index in [0.717, 1.165) is 0 Å². The Bertz CT molecular complexity index is 222. The fraction of sp³-hybridized carbons (Fsp3) is 1.00. The minimum absolute atomic E-state index is 0.372. The summed E-state index contributed by atoms with van der Waals surface area (Å²) in [5, 5.41) is 0. The molecule has 4 aliphatic rings. The molecule has 4 rings (SSSR count). The summed E-state index contributed by atoms with van der Waals surface area (Å²) in [5.41, 5.74) is 0. The number of alkyl halides is 3. The van der Waals surface area contributed by atoms with Crippen molar-refractivity contribution in [1.82, 2.24) is 0 Å². The molecule has 0 spiro atoms. The molecule has 0 amide bonds. The monoisotopic (exact) mass is 346 g/mol. The normalized spacial score (nSPS) is 64.4. The van der Waals surface area contributed by atoms with Crippen molar-refractivity contribution in [2.75, 3.05) is 0 Å². The van der Waals surface area contributed by atoms with E-state index >= 15 is 0 Å². The van der Waals surface area contributed by atoms with Gasteiger partial charge in [0.05, 0.1) is 0 Å². The zero-order valence-corrected chi connectivity index (χ0v) is 12.8. The molecule has 4 aliphatic heterocycles. The van der Waals surface area contributed by atoms with E-state index in [1.807, 2.05) is 0 Å². The molecule has 4 saturated heterocycles. The van der Waals surface area contributed by atoms with Gasteiger partial charge in [-0.2, -0.15) is 0 Å². The van der Waals surface area contributed by atoms with Gasteiger partial charge >= 0.3 is 0 Å². The van der Waals surface area contributed by atoms with Crippen LogP contribution in [-0.2, 0) is 0 Å².